The van der Waals surface area contributed by atoms with Gasteiger partial charge >= 0.3 is 5.97 Å². The number of aliphatic hydroxyl groups is 1. The van der Waals surface area contributed by atoms with Crippen LogP contribution in [-0.2, 0) is 35.1 Å². The standard InChI is InChI=1S/C27H29N3O9/c1-29(2)15-10-11(6-7-16(31)39-5)21(32)18-13(15)8-12-9-14-20(30(3)4)23(34)19(26(28)37)25(36)27(14,38)24(35)17(12)22(18)33/h10,12,14,17,19-20,32,38H,8-9H2,1-5H3,(H2,28,37)/t12-,14-,17?,19?,20-,27-/m0/s1. The SMILES string of the molecule is COC(=O)C#Cc1cc(N(C)C)c2c(c1O)C(=O)C1C(=O)[C@]3(O)C(=O)C(C(N)=O)C(=O)[C@@H](N(C)C)[C@@H]3C[C@@H]1C2. The van der Waals surface area contributed by atoms with Gasteiger partial charge in [0.1, 0.15) is 5.75 Å². The number of nitrogens with two attached hydrogens (primary N) is 1. The Kier molecular flexibility index (Phi) is 6.87. The number of benzene rings is 1. The van der Waals surface area contributed by atoms with E-state index in [1.165, 1.54) is 25.1 Å². The van der Waals surface area contributed by atoms with Gasteiger partial charge in [-0.1, -0.05) is 5.92 Å². The van der Waals surface area contributed by atoms with Crippen molar-refractivity contribution >= 4 is 40.7 Å². The van der Waals surface area contributed by atoms with Crippen molar-refractivity contribution in [3.05, 3.63) is 22.8 Å². The number of hydrogen-bond donors (Lipinski definition) is 3. The first-order chi connectivity index (χ1) is 18.2. The van der Waals surface area contributed by atoms with Crippen LogP contribution in [-0.4, -0.2) is 97.1 Å². The maximum atomic E-state index is 13.9. The fraction of sp³-hybridized carbons (Fsp3) is 0.481. The predicted octanol–water partition coefficient (Wildman–Crippen LogP) is -1.54. The third kappa shape index (κ3) is 4.00. The van der Waals surface area contributed by atoms with Crippen molar-refractivity contribution in [3.63, 3.8) is 0 Å². The van der Waals surface area contributed by atoms with Crippen LogP contribution < -0.4 is 10.6 Å². The van der Waals surface area contributed by atoms with E-state index in [2.05, 4.69) is 16.6 Å². The summed E-state index contributed by atoms with van der Waals surface area (Å²) in [5.74, 6) is -7.64. The number of aromatic hydroxyl groups is 1. The Morgan fingerprint density at radius 1 is 1.13 bits per heavy atom. The molecule has 2 saturated carbocycles. The third-order valence-corrected chi connectivity index (χ3v) is 8.00. The number of Topliss-reactive ketones (excluding diaryl/α,β-unsaturated/α-hetero) is 4. The minimum atomic E-state index is -2.81. The number of anilines is 1. The Labute approximate surface area is 224 Å². The molecule has 0 aromatic heterocycles. The van der Waals surface area contributed by atoms with Crippen molar-refractivity contribution in [3.8, 4) is 17.6 Å². The minimum absolute atomic E-state index is 0.0541. The first-order valence-corrected chi connectivity index (χ1v) is 12.2. The number of methoxy groups -OCH3 is 1. The van der Waals surface area contributed by atoms with E-state index in [9.17, 15) is 39.0 Å². The molecule has 4 N–H and O–H groups in total. The smallest absolute Gasteiger partial charge is 0.384 e. The number of phenols is 1. The molecule has 6 atom stereocenters. The summed E-state index contributed by atoms with van der Waals surface area (Å²) in [7, 11) is 7.59. The molecule has 0 bridgehead atoms. The lowest BCUT2D eigenvalue weighted by Crippen LogP contribution is -2.74. The molecule has 0 radical (unpaired) electrons. The van der Waals surface area contributed by atoms with Crippen LogP contribution >= 0.6 is 0 Å². The van der Waals surface area contributed by atoms with Crippen LogP contribution in [0.1, 0.15) is 27.9 Å². The number of hydrogen-bond acceptors (Lipinski definition) is 11. The van der Waals surface area contributed by atoms with Gasteiger partial charge in [-0.3, -0.25) is 28.9 Å². The van der Waals surface area contributed by atoms with E-state index >= 15 is 0 Å². The summed E-state index contributed by atoms with van der Waals surface area (Å²) in [4.78, 5) is 81.0. The molecule has 3 aliphatic rings. The number of rotatable bonds is 3. The second-order valence-corrected chi connectivity index (χ2v) is 10.6. The molecule has 0 saturated heterocycles. The molecule has 39 heavy (non-hydrogen) atoms. The van der Waals surface area contributed by atoms with Gasteiger partial charge in [0.2, 0.25) is 5.91 Å². The highest BCUT2D eigenvalue weighted by Crippen LogP contribution is 2.52. The second kappa shape index (κ2) is 9.59. The van der Waals surface area contributed by atoms with E-state index < -0.39 is 76.1 Å². The molecular formula is C27H29N3O9. The molecule has 0 heterocycles. The fourth-order valence-electron chi connectivity index (χ4n) is 6.32. The van der Waals surface area contributed by atoms with Crippen LogP contribution in [0.3, 0.4) is 0 Å². The lowest BCUT2D eigenvalue weighted by atomic mass is 9.52. The van der Waals surface area contributed by atoms with Gasteiger partial charge in [0.25, 0.3) is 0 Å². The second-order valence-electron chi connectivity index (χ2n) is 10.6. The first-order valence-electron chi connectivity index (χ1n) is 12.2. The lowest BCUT2D eigenvalue weighted by Gasteiger charge is -2.52. The molecule has 4 rings (SSSR count). The third-order valence-electron chi connectivity index (χ3n) is 8.00. The molecule has 12 heteroatoms. The van der Waals surface area contributed by atoms with Gasteiger partial charge in [-0.05, 0) is 44.5 Å². The molecule has 3 aliphatic carbocycles. The van der Waals surface area contributed by atoms with E-state index in [0.29, 0.717) is 11.3 Å². The highest BCUT2D eigenvalue weighted by Gasteiger charge is 2.69. The van der Waals surface area contributed by atoms with Crippen LogP contribution in [0, 0.1) is 35.5 Å². The zero-order valence-corrected chi connectivity index (χ0v) is 22.1. The predicted molar refractivity (Wildman–Crippen MR) is 135 cm³/mol. The largest absolute Gasteiger partial charge is 0.506 e. The zero-order chi connectivity index (χ0) is 29.1. The van der Waals surface area contributed by atoms with Crippen molar-refractivity contribution < 1.29 is 43.7 Å². The number of ether oxygens (including phenoxy) is 1. The number of esters is 1. The molecule has 2 fully saturated rings. The van der Waals surface area contributed by atoms with E-state index in [0.717, 1.165) is 7.11 Å². The van der Waals surface area contributed by atoms with Crippen LogP contribution in [0.2, 0.25) is 0 Å². The van der Waals surface area contributed by atoms with E-state index in [1.54, 1.807) is 19.0 Å². The number of fused-ring (bicyclic) bond motifs is 3. The summed E-state index contributed by atoms with van der Waals surface area (Å²) in [5, 5.41) is 22.7. The van der Waals surface area contributed by atoms with Crippen molar-refractivity contribution in [1.29, 1.82) is 0 Å². The van der Waals surface area contributed by atoms with Crippen LogP contribution in [0.5, 0.6) is 5.75 Å². The van der Waals surface area contributed by atoms with E-state index in [1.807, 2.05) is 0 Å². The maximum Gasteiger partial charge on any atom is 0.384 e. The summed E-state index contributed by atoms with van der Waals surface area (Å²) < 4.78 is 4.50. The average Bonchev–Trinajstić information content (AvgIpc) is 2.84. The Morgan fingerprint density at radius 3 is 2.31 bits per heavy atom. The zero-order valence-electron chi connectivity index (χ0n) is 22.1. The Morgan fingerprint density at radius 2 is 1.77 bits per heavy atom. The van der Waals surface area contributed by atoms with Crippen LogP contribution in [0.25, 0.3) is 0 Å². The van der Waals surface area contributed by atoms with E-state index in [4.69, 9.17) is 5.73 Å². The van der Waals surface area contributed by atoms with Gasteiger partial charge < -0.3 is 25.6 Å². The van der Waals surface area contributed by atoms with Gasteiger partial charge in [0, 0.05) is 31.6 Å². The summed E-state index contributed by atoms with van der Waals surface area (Å²) in [6.45, 7) is 0. The van der Waals surface area contributed by atoms with Gasteiger partial charge in [-0.2, -0.15) is 0 Å². The highest BCUT2D eigenvalue weighted by molar-refractivity contribution is 6.32. The van der Waals surface area contributed by atoms with Crippen LogP contribution in [0.4, 0.5) is 5.69 Å². The summed E-state index contributed by atoms with van der Waals surface area (Å²) >= 11 is 0. The van der Waals surface area contributed by atoms with Gasteiger partial charge in [0.05, 0.1) is 30.2 Å². The van der Waals surface area contributed by atoms with Gasteiger partial charge in [-0.15, -0.1) is 0 Å². The number of carbonyl (C=O) groups is 6. The monoisotopic (exact) mass is 539 g/mol. The molecule has 0 aliphatic heterocycles. The lowest BCUT2D eigenvalue weighted by molar-refractivity contribution is -0.181. The van der Waals surface area contributed by atoms with Gasteiger partial charge in [-0.25, -0.2) is 4.79 Å². The number of amides is 1. The Bertz CT molecular complexity index is 1400. The van der Waals surface area contributed by atoms with Crippen LogP contribution in [0.15, 0.2) is 6.07 Å². The molecule has 206 valence electrons. The molecule has 2 unspecified atom stereocenters. The maximum absolute atomic E-state index is 13.9. The van der Waals surface area contributed by atoms with Gasteiger partial charge in [0.15, 0.2) is 34.7 Å². The van der Waals surface area contributed by atoms with Crippen molar-refractivity contribution in [1.82, 2.24) is 4.90 Å². The van der Waals surface area contributed by atoms with Crippen molar-refractivity contribution in [2.45, 2.75) is 24.5 Å². The average molecular weight is 540 g/mol. The number of primary amides is 1. The fourth-order valence-corrected chi connectivity index (χ4v) is 6.32. The number of nitrogens with zero attached hydrogens (tertiary/aromatic N) is 2. The van der Waals surface area contributed by atoms with Crippen molar-refractivity contribution in [2.24, 2.45) is 29.4 Å². The number of ketones is 4. The van der Waals surface area contributed by atoms with Crippen molar-refractivity contribution in [2.75, 3.05) is 40.2 Å². The molecule has 0 spiro atoms. The normalized spacial score (nSPS) is 29.6. The number of likely N-dealkylation sites (N-methyl/N-ethyl adjacent to an activating group) is 1. The number of carbonyl (C=O) groups excluding carboxylic acids is 6. The quantitative estimate of drug-likeness (QED) is 0.230. The Balaban J connectivity index is 1.90. The highest BCUT2D eigenvalue weighted by atomic mass is 16.5. The first kappa shape index (κ1) is 27.9. The molecule has 12 nitrogen and oxygen atoms in total. The molecule has 1 aromatic rings. The summed E-state index contributed by atoms with van der Waals surface area (Å²) in [6.07, 6.45) is 0.0546. The molecule has 1 amide bonds. The Hall–Kier alpha value is -4.08. The molecular weight excluding hydrogens is 510 g/mol. The van der Waals surface area contributed by atoms with E-state index in [-0.39, 0.29) is 24.0 Å². The topological polar surface area (TPSA) is 185 Å². The summed E-state index contributed by atoms with van der Waals surface area (Å²) in [5.41, 5.74) is 3.19. The molecule has 1 aromatic carbocycles. The minimum Gasteiger partial charge on any atom is -0.506 e. The summed E-state index contributed by atoms with van der Waals surface area (Å²) in [6, 6.07) is 0.330. The number of phenolic OH excluding ortho intramolecular Hbond substituents is 1.